The summed E-state index contributed by atoms with van der Waals surface area (Å²) in [7, 11) is 0. The van der Waals surface area contributed by atoms with E-state index in [1.165, 1.54) is 4.70 Å². The molecule has 1 fully saturated rings. The van der Waals surface area contributed by atoms with Crippen LogP contribution < -0.4 is 4.74 Å². The number of rotatable bonds is 5. The van der Waals surface area contributed by atoms with Gasteiger partial charge in [-0.3, -0.25) is 4.79 Å². The van der Waals surface area contributed by atoms with E-state index in [2.05, 4.69) is 6.07 Å². The number of aromatic nitrogens is 1. The second-order valence-corrected chi connectivity index (χ2v) is 7.61. The second-order valence-electron chi connectivity index (χ2n) is 6.54. The molecule has 0 radical (unpaired) electrons. The predicted molar refractivity (Wildman–Crippen MR) is 110 cm³/mol. The van der Waals surface area contributed by atoms with Crippen LogP contribution in [0.3, 0.4) is 0 Å². The zero-order valence-electron chi connectivity index (χ0n) is 15.3. The molecule has 1 aliphatic rings. The summed E-state index contributed by atoms with van der Waals surface area (Å²) in [4.78, 5) is 19.5. The van der Waals surface area contributed by atoms with Gasteiger partial charge >= 0.3 is 0 Å². The molecule has 4 nitrogen and oxygen atoms in total. The normalized spacial score (nSPS) is 17.1. The zero-order valence-corrected chi connectivity index (χ0v) is 16.1. The maximum absolute atomic E-state index is 12.8. The Kier molecular flexibility index (Phi) is 5.21. The molecule has 0 saturated carbocycles. The van der Waals surface area contributed by atoms with Crippen molar-refractivity contribution in [3.05, 3.63) is 65.2 Å². The van der Waals surface area contributed by atoms with Crippen LogP contribution in [0.15, 0.2) is 54.6 Å². The molecule has 0 aliphatic carbocycles. The van der Waals surface area contributed by atoms with Crippen LogP contribution >= 0.6 is 11.3 Å². The van der Waals surface area contributed by atoms with E-state index in [1.54, 1.807) is 17.4 Å². The first kappa shape index (κ1) is 17.7. The first-order chi connectivity index (χ1) is 13.2. The van der Waals surface area contributed by atoms with Crippen molar-refractivity contribution in [1.82, 2.24) is 9.88 Å². The molecule has 1 unspecified atom stereocenters. The Labute approximate surface area is 163 Å². The molecular weight excluding hydrogens is 356 g/mol. The lowest BCUT2D eigenvalue weighted by atomic mass is 10.2. The monoisotopic (exact) mass is 378 g/mol. The van der Waals surface area contributed by atoms with E-state index in [0.717, 1.165) is 41.2 Å². The van der Waals surface area contributed by atoms with Crippen LogP contribution in [0.4, 0.5) is 0 Å². The third-order valence-corrected chi connectivity index (χ3v) is 5.88. The van der Waals surface area contributed by atoms with Crippen molar-refractivity contribution in [2.24, 2.45) is 0 Å². The SMILES string of the molecule is CCOc1ccc(/C=C/C(=O)N2CCCC2c2nc3ccccc3s2)cc1. The number of hydrogen-bond acceptors (Lipinski definition) is 4. The van der Waals surface area contributed by atoms with Crippen LogP contribution in [-0.4, -0.2) is 28.9 Å². The highest BCUT2D eigenvalue weighted by atomic mass is 32.1. The maximum atomic E-state index is 12.8. The van der Waals surface area contributed by atoms with E-state index in [1.807, 2.05) is 60.4 Å². The number of carbonyl (C=O) groups excluding carboxylic acids is 1. The molecule has 0 bridgehead atoms. The van der Waals surface area contributed by atoms with Crippen LogP contribution in [0.2, 0.25) is 0 Å². The average Bonchev–Trinajstić information content (AvgIpc) is 3.34. The Morgan fingerprint density at radius 2 is 2.07 bits per heavy atom. The lowest BCUT2D eigenvalue weighted by molar-refractivity contribution is -0.126. The number of fused-ring (bicyclic) bond motifs is 1. The van der Waals surface area contributed by atoms with Crippen molar-refractivity contribution < 1.29 is 9.53 Å². The minimum atomic E-state index is 0.0469. The van der Waals surface area contributed by atoms with E-state index in [0.29, 0.717) is 6.61 Å². The highest BCUT2D eigenvalue weighted by Gasteiger charge is 2.31. The Balaban J connectivity index is 1.48. The summed E-state index contributed by atoms with van der Waals surface area (Å²) in [5.74, 6) is 0.891. The molecule has 2 aromatic carbocycles. The average molecular weight is 378 g/mol. The van der Waals surface area contributed by atoms with Crippen LogP contribution in [0.5, 0.6) is 5.75 Å². The van der Waals surface area contributed by atoms with Gasteiger partial charge in [-0.05, 0) is 55.7 Å². The quantitative estimate of drug-likeness (QED) is 0.582. The van der Waals surface area contributed by atoms with Crippen molar-refractivity contribution in [2.45, 2.75) is 25.8 Å². The zero-order chi connectivity index (χ0) is 18.6. The number of amides is 1. The first-order valence-electron chi connectivity index (χ1n) is 9.31. The lowest BCUT2D eigenvalue weighted by Gasteiger charge is -2.21. The Morgan fingerprint density at radius 3 is 2.85 bits per heavy atom. The van der Waals surface area contributed by atoms with Crippen LogP contribution in [0, 0.1) is 0 Å². The van der Waals surface area contributed by atoms with Crippen molar-refractivity contribution in [3.8, 4) is 5.75 Å². The van der Waals surface area contributed by atoms with Gasteiger partial charge in [0, 0.05) is 12.6 Å². The highest BCUT2D eigenvalue weighted by molar-refractivity contribution is 7.18. The maximum Gasteiger partial charge on any atom is 0.247 e. The molecule has 4 rings (SSSR count). The molecule has 1 aromatic heterocycles. The third kappa shape index (κ3) is 3.88. The largest absolute Gasteiger partial charge is 0.494 e. The predicted octanol–water partition coefficient (Wildman–Crippen LogP) is 5.07. The molecule has 138 valence electrons. The minimum Gasteiger partial charge on any atom is -0.494 e. The molecule has 5 heteroatoms. The Bertz CT molecular complexity index is 929. The number of hydrogen-bond donors (Lipinski definition) is 0. The molecule has 1 aliphatic heterocycles. The van der Waals surface area contributed by atoms with Crippen molar-refractivity contribution in [3.63, 3.8) is 0 Å². The second kappa shape index (κ2) is 7.92. The molecule has 2 heterocycles. The molecular formula is C22H22N2O2S. The Hall–Kier alpha value is -2.66. The van der Waals surface area contributed by atoms with Gasteiger partial charge < -0.3 is 9.64 Å². The van der Waals surface area contributed by atoms with E-state index in [9.17, 15) is 4.79 Å². The Morgan fingerprint density at radius 1 is 1.26 bits per heavy atom. The van der Waals surface area contributed by atoms with Crippen molar-refractivity contribution in [2.75, 3.05) is 13.2 Å². The number of benzene rings is 2. The molecule has 3 aromatic rings. The molecule has 0 spiro atoms. The topological polar surface area (TPSA) is 42.4 Å². The number of likely N-dealkylation sites (tertiary alicyclic amines) is 1. The fraction of sp³-hybridized carbons (Fsp3) is 0.273. The minimum absolute atomic E-state index is 0.0469. The van der Waals surface area contributed by atoms with E-state index >= 15 is 0 Å². The fourth-order valence-electron chi connectivity index (χ4n) is 3.42. The van der Waals surface area contributed by atoms with Gasteiger partial charge in [-0.15, -0.1) is 11.3 Å². The number of para-hydroxylation sites is 1. The van der Waals surface area contributed by atoms with Gasteiger partial charge in [0.2, 0.25) is 5.91 Å². The van der Waals surface area contributed by atoms with Gasteiger partial charge in [0.05, 0.1) is 22.9 Å². The summed E-state index contributed by atoms with van der Waals surface area (Å²) in [6.45, 7) is 3.40. The van der Waals surface area contributed by atoms with Gasteiger partial charge in [0.15, 0.2) is 0 Å². The van der Waals surface area contributed by atoms with E-state index < -0.39 is 0 Å². The standard InChI is InChI=1S/C22H22N2O2S/c1-2-26-17-12-9-16(10-13-17)11-14-21(25)24-15-5-7-19(24)22-23-18-6-3-4-8-20(18)27-22/h3-4,6,8-14,19H,2,5,7,15H2,1H3/b14-11+. The van der Waals surface area contributed by atoms with Crippen LogP contribution in [0.1, 0.15) is 36.4 Å². The van der Waals surface area contributed by atoms with Gasteiger partial charge in [0.1, 0.15) is 10.8 Å². The van der Waals surface area contributed by atoms with Gasteiger partial charge in [-0.25, -0.2) is 4.98 Å². The number of nitrogens with zero attached hydrogens (tertiary/aromatic N) is 2. The fourth-order valence-corrected chi connectivity index (χ4v) is 4.54. The van der Waals surface area contributed by atoms with Gasteiger partial charge in [-0.1, -0.05) is 24.3 Å². The molecule has 1 atom stereocenters. The molecule has 27 heavy (non-hydrogen) atoms. The van der Waals surface area contributed by atoms with E-state index in [4.69, 9.17) is 9.72 Å². The summed E-state index contributed by atoms with van der Waals surface area (Å²) in [5, 5.41) is 1.04. The summed E-state index contributed by atoms with van der Waals surface area (Å²) >= 11 is 1.69. The molecule has 1 saturated heterocycles. The van der Waals surface area contributed by atoms with Gasteiger partial charge in [-0.2, -0.15) is 0 Å². The number of carbonyl (C=O) groups is 1. The summed E-state index contributed by atoms with van der Waals surface area (Å²) in [5.41, 5.74) is 2.00. The third-order valence-electron chi connectivity index (χ3n) is 4.74. The lowest BCUT2D eigenvalue weighted by Crippen LogP contribution is -2.28. The van der Waals surface area contributed by atoms with Crippen LogP contribution in [0.25, 0.3) is 16.3 Å². The summed E-state index contributed by atoms with van der Waals surface area (Å²) in [6.07, 6.45) is 5.53. The van der Waals surface area contributed by atoms with Crippen LogP contribution in [-0.2, 0) is 4.79 Å². The van der Waals surface area contributed by atoms with Crippen molar-refractivity contribution in [1.29, 1.82) is 0 Å². The molecule has 1 amide bonds. The smallest absolute Gasteiger partial charge is 0.247 e. The highest BCUT2D eigenvalue weighted by Crippen LogP contribution is 2.36. The number of thiazole rings is 1. The summed E-state index contributed by atoms with van der Waals surface area (Å²) < 4.78 is 6.63. The molecule has 0 N–H and O–H groups in total. The van der Waals surface area contributed by atoms with Gasteiger partial charge in [0.25, 0.3) is 0 Å². The summed E-state index contributed by atoms with van der Waals surface area (Å²) in [6, 6.07) is 16.0. The first-order valence-corrected chi connectivity index (χ1v) is 10.1. The number of ether oxygens (including phenoxy) is 1. The van der Waals surface area contributed by atoms with Crippen molar-refractivity contribution >= 4 is 33.5 Å². The van der Waals surface area contributed by atoms with E-state index in [-0.39, 0.29) is 11.9 Å².